The second-order valence-electron chi connectivity index (χ2n) is 9.03. The number of carboxylic acids is 1. The zero-order valence-corrected chi connectivity index (χ0v) is 16.9. The van der Waals surface area contributed by atoms with Crippen LogP contribution in [-0.2, 0) is 16.6 Å². The summed E-state index contributed by atoms with van der Waals surface area (Å²) in [4.78, 5) is 28.1. The second kappa shape index (κ2) is 6.82. The summed E-state index contributed by atoms with van der Waals surface area (Å²) in [7, 11) is 4.09. The molecule has 1 aliphatic carbocycles. The first-order valence-electron chi connectivity index (χ1n) is 9.54. The number of amides is 1. The number of carbonyl (C=O) groups excluding carboxylic acids is 1. The van der Waals surface area contributed by atoms with Crippen molar-refractivity contribution in [2.75, 3.05) is 27.2 Å². The molecule has 0 radical (unpaired) electrons. The Morgan fingerprint density at radius 3 is 2.59 bits per heavy atom. The van der Waals surface area contributed by atoms with E-state index in [1.165, 1.54) is 5.56 Å². The standard InChI is InChI=1S/C21H30N2O4/c1-20(2,3)27-19(26)23-12-17(22(4)5)21(13-23)10-6-7-14-11-15(18(24)25)8-9-16(14)21/h8-9,11,17H,6-7,10,12-13H2,1-5H3,(H,24,25). The molecule has 1 aromatic rings. The highest BCUT2D eigenvalue weighted by Crippen LogP contribution is 2.46. The Hall–Kier alpha value is -2.08. The van der Waals surface area contributed by atoms with Crippen LogP contribution in [0.3, 0.4) is 0 Å². The van der Waals surface area contributed by atoms with Gasteiger partial charge in [0.05, 0.1) is 5.56 Å². The predicted molar refractivity (Wildman–Crippen MR) is 103 cm³/mol. The number of aromatic carboxylic acids is 1. The second-order valence-corrected chi connectivity index (χ2v) is 9.03. The van der Waals surface area contributed by atoms with Crippen molar-refractivity contribution >= 4 is 12.1 Å². The smallest absolute Gasteiger partial charge is 0.410 e. The molecule has 2 aliphatic rings. The Morgan fingerprint density at radius 2 is 2.00 bits per heavy atom. The van der Waals surface area contributed by atoms with E-state index in [9.17, 15) is 14.7 Å². The van der Waals surface area contributed by atoms with E-state index < -0.39 is 11.6 Å². The third-order valence-corrected chi connectivity index (χ3v) is 5.74. The summed E-state index contributed by atoms with van der Waals surface area (Å²) in [5.74, 6) is -0.900. The number of benzene rings is 1. The molecular weight excluding hydrogens is 344 g/mol. The van der Waals surface area contributed by atoms with Crippen molar-refractivity contribution in [2.24, 2.45) is 0 Å². The molecule has 0 saturated carbocycles. The van der Waals surface area contributed by atoms with Gasteiger partial charge in [-0.05, 0) is 77.4 Å². The molecule has 1 spiro atoms. The average Bonchev–Trinajstić information content (AvgIpc) is 2.93. The maximum absolute atomic E-state index is 12.7. The molecule has 148 valence electrons. The van der Waals surface area contributed by atoms with Gasteiger partial charge in [-0.25, -0.2) is 9.59 Å². The lowest BCUT2D eigenvalue weighted by molar-refractivity contribution is 0.0278. The fraction of sp³-hybridized carbons (Fsp3) is 0.619. The number of ether oxygens (including phenoxy) is 1. The van der Waals surface area contributed by atoms with E-state index in [-0.39, 0.29) is 17.6 Å². The molecule has 2 atom stereocenters. The predicted octanol–water partition coefficient (Wildman–Crippen LogP) is 3.14. The molecule has 1 heterocycles. The summed E-state index contributed by atoms with van der Waals surface area (Å²) in [6.07, 6.45) is 2.57. The summed E-state index contributed by atoms with van der Waals surface area (Å²) in [5, 5.41) is 9.33. The van der Waals surface area contributed by atoms with Crippen molar-refractivity contribution in [1.82, 2.24) is 9.80 Å². The Labute approximate surface area is 161 Å². The number of fused-ring (bicyclic) bond motifs is 2. The van der Waals surface area contributed by atoms with Crippen LogP contribution in [0.1, 0.15) is 55.1 Å². The van der Waals surface area contributed by atoms with Crippen LogP contribution in [-0.4, -0.2) is 65.8 Å². The van der Waals surface area contributed by atoms with Gasteiger partial charge in [-0.15, -0.1) is 0 Å². The van der Waals surface area contributed by atoms with Crippen molar-refractivity contribution < 1.29 is 19.4 Å². The number of hydrogen-bond donors (Lipinski definition) is 1. The molecule has 1 amide bonds. The highest BCUT2D eigenvalue weighted by molar-refractivity contribution is 5.88. The molecule has 0 bridgehead atoms. The average molecular weight is 374 g/mol. The Balaban J connectivity index is 1.99. The third kappa shape index (κ3) is 3.68. The first-order valence-corrected chi connectivity index (χ1v) is 9.54. The van der Waals surface area contributed by atoms with E-state index in [1.807, 2.05) is 45.8 Å². The highest BCUT2D eigenvalue weighted by Gasteiger charge is 2.52. The van der Waals surface area contributed by atoms with Gasteiger partial charge in [0.25, 0.3) is 0 Å². The van der Waals surface area contributed by atoms with Crippen LogP contribution in [0.5, 0.6) is 0 Å². The van der Waals surface area contributed by atoms with E-state index in [4.69, 9.17) is 4.74 Å². The summed E-state index contributed by atoms with van der Waals surface area (Å²) in [6, 6.07) is 5.63. The summed E-state index contributed by atoms with van der Waals surface area (Å²) < 4.78 is 5.61. The summed E-state index contributed by atoms with van der Waals surface area (Å²) in [6.45, 7) is 6.85. The number of hydrogen-bond acceptors (Lipinski definition) is 4. The van der Waals surface area contributed by atoms with Crippen molar-refractivity contribution in [2.45, 2.75) is 57.1 Å². The topological polar surface area (TPSA) is 70.1 Å². The maximum atomic E-state index is 12.7. The van der Waals surface area contributed by atoms with Crippen LogP contribution >= 0.6 is 0 Å². The van der Waals surface area contributed by atoms with Crippen molar-refractivity contribution in [1.29, 1.82) is 0 Å². The van der Waals surface area contributed by atoms with Crippen LogP contribution in [0.25, 0.3) is 0 Å². The molecule has 6 nitrogen and oxygen atoms in total. The van der Waals surface area contributed by atoms with E-state index in [0.717, 1.165) is 24.8 Å². The zero-order valence-electron chi connectivity index (χ0n) is 16.9. The molecule has 2 unspecified atom stereocenters. The summed E-state index contributed by atoms with van der Waals surface area (Å²) in [5.41, 5.74) is 1.89. The lowest BCUT2D eigenvalue weighted by Crippen LogP contribution is -2.48. The van der Waals surface area contributed by atoms with E-state index >= 15 is 0 Å². The van der Waals surface area contributed by atoms with E-state index in [1.54, 1.807) is 12.1 Å². The normalized spacial score (nSPS) is 25.0. The summed E-state index contributed by atoms with van der Waals surface area (Å²) >= 11 is 0. The fourth-order valence-electron chi connectivity index (χ4n) is 4.68. The van der Waals surface area contributed by atoms with Gasteiger partial charge in [-0.2, -0.15) is 0 Å². The van der Waals surface area contributed by atoms with E-state index in [0.29, 0.717) is 18.7 Å². The van der Waals surface area contributed by atoms with Gasteiger partial charge in [-0.3, -0.25) is 0 Å². The van der Waals surface area contributed by atoms with Crippen molar-refractivity contribution in [3.8, 4) is 0 Å². The molecule has 3 rings (SSSR count). The Kier molecular flexibility index (Phi) is 4.97. The number of likely N-dealkylation sites (tertiary alicyclic amines) is 1. The van der Waals surface area contributed by atoms with Gasteiger partial charge in [0.1, 0.15) is 5.60 Å². The minimum atomic E-state index is -0.900. The number of likely N-dealkylation sites (N-methyl/N-ethyl adjacent to an activating group) is 1. The largest absolute Gasteiger partial charge is 0.478 e. The molecular formula is C21H30N2O4. The van der Waals surface area contributed by atoms with E-state index in [2.05, 4.69) is 4.90 Å². The minimum Gasteiger partial charge on any atom is -0.478 e. The number of aryl methyl sites for hydroxylation is 1. The quantitative estimate of drug-likeness (QED) is 0.861. The SMILES string of the molecule is CN(C)C1CN(C(=O)OC(C)(C)C)CC12CCCc1cc(C(=O)O)ccc12. The first kappa shape index (κ1) is 19.7. The van der Waals surface area contributed by atoms with Gasteiger partial charge in [0.2, 0.25) is 0 Å². The van der Waals surface area contributed by atoms with Gasteiger partial charge in [0.15, 0.2) is 0 Å². The van der Waals surface area contributed by atoms with Gasteiger partial charge in [0, 0.05) is 24.5 Å². The van der Waals surface area contributed by atoms with Gasteiger partial charge >= 0.3 is 12.1 Å². The molecule has 0 aromatic heterocycles. The van der Waals surface area contributed by atoms with Crippen LogP contribution in [0.4, 0.5) is 4.79 Å². The van der Waals surface area contributed by atoms with Crippen LogP contribution < -0.4 is 0 Å². The molecule has 1 aromatic carbocycles. The molecule has 27 heavy (non-hydrogen) atoms. The molecule has 6 heteroatoms. The van der Waals surface area contributed by atoms with Crippen molar-refractivity contribution in [3.63, 3.8) is 0 Å². The molecule has 1 fully saturated rings. The molecule has 1 saturated heterocycles. The van der Waals surface area contributed by atoms with Crippen LogP contribution in [0, 0.1) is 0 Å². The number of carbonyl (C=O) groups is 2. The molecule has 1 aliphatic heterocycles. The lowest BCUT2D eigenvalue weighted by atomic mass is 9.66. The minimum absolute atomic E-state index is 0.166. The fourth-order valence-corrected chi connectivity index (χ4v) is 4.68. The third-order valence-electron chi connectivity index (χ3n) is 5.74. The van der Waals surface area contributed by atoms with Gasteiger partial charge in [-0.1, -0.05) is 6.07 Å². The number of nitrogens with zero attached hydrogens (tertiary/aromatic N) is 2. The van der Waals surface area contributed by atoms with Crippen LogP contribution in [0.2, 0.25) is 0 Å². The van der Waals surface area contributed by atoms with Gasteiger partial charge < -0.3 is 19.6 Å². The molecule has 1 N–H and O–H groups in total. The number of carboxylic acid groups (broad SMARTS) is 1. The Morgan fingerprint density at radius 1 is 1.30 bits per heavy atom. The zero-order chi connectivity index (χ0) is 20.0. The van der Waals surface area contributed by atoms with Crippen LogP contribution in [0.15, 0.2) is 18.2 Å². The van der Waals surface area contributed by atoms with Crippen molar-refractivity contribution in [3.05, 3.63) is 34.9 Å². The number of rotatable bonds is 2. The monoisotopic (exact) mass is 374 g/mol. The Bertz CT molecular complexity index is 753. The maximum Gasteiger partial charge on any atom is 0.410 e. The lowest BCUT2D eigenvalue weighted by Gasteiger charge is -2.42. The highest BCUT2D eigenvalue weighted by atomic mass is 16.6. The first-order chi connectivity index (χ1) is 12.5.